The highest BCUT2D eigenvalue weighted by Crippen LogP contribution is 2.33. The van der Waals surface area contributed by atoms with Crippen LogP contribution in [0.4, 0.5) is 4.39 Å². The molecule has 0 spiro atoms. The van der Waals surface area contributed by atoms with Gasteiger partial charge in [0.05, 0.1) is 12.7 Å². The average Bonchev–Trinajstić information content (AvgIpc) is 2.75. The van der Waals surface area contributed by atoms with E-state index < -0.39 is 0 Å². The summed E-state index contributed by atoms with van der Waals surface area (Å²) in [4.78, 5) is 0. The van der Waals surface area contributed by atoms with Crippen LogP contribution in [0.15, 0.2) is 18.2 Å². The van der Waals surface area contributed by atoms with Gasteiger partial charge in [0.2, 0.25) is 0 Å². The van der Waals surface area contributed by atoms with Crippen molar-refractivity contribution in [3.8, 4) is 0 Å². The maximum atomic E-state index is 13.6. The third kappa shape index (κ3) is 4.19. The Hall–Kier alpha value is -0.600. The summed E-state index contributed by atoms with van der Waals surface area (Å²) in [6.07, 6.45) is 4.95. The highest BCUT2D eigenvalue weighted by molar-refractivity contribution is 6.31. The molecule has 3 heteroatoms. The fourth-order valence-corrected chi connectivity index (χ4v) is 3.15. The van der Waals surface area contributed by atoms with Crippen LogP contribution in [0.5, 0.6) is 0 Å². The molecule has 19 heavy (non-hydrogen) atoms. The topological polar surface area (TPSA) is 9.23 Å². The smallest absolute Gasteiger partial charge is 0.130 e. The zero-order valence-corrected chi connectivity index (χ0v) is 12.4. The second kappa shape index (κ2) is 6.71. The van der Waals surface area contributed by atoms with Crippen molar-refractivity contribution in [2.24, 2.45) is 11.8 Å². The van der Waals surface area contributed by atoms with Gasteiger partial charge in [-0.1, -0.05) is 31.5 Å². The van der Waals surface area contributed by atoms with Crippen LogP contribution in [0.25, 0.3) is 0 Å². The van der Waals surface area contributed by atoms with Crippen molar-refractivity contribution >= 4 is 11.6 Å². The van der Waals surface area contributed by atoms with Crippen molar-refractivity contribution < 1.29 is 9.13 Å². The molecule has 0 heterocycles. The van der Waals surface area contributed by atoms with E-state index >= 15 is 0 Å². The lowest BCUT2D eigenvalue weighted by atomic mass is 9.96. The highest BCUT2D eigenvalue weighted by Gasteiger charge is 2.26. The number of benzene rings is 1. The van der Waals surface area contributed by atoms with Gasteiger partial charge in [-0.05, 0) is 49.7 Å². The van der Waals surface area contributed by atoms with Gasteiger partial charge in [-0.25, -0.2) is 4.39 Å². The number of ether oxygens (including phenoxy) is 1. The van der Waals surface area contributed by atoms with Crippen LogP contribution in [0.1, 0.15) is 45.1 Å². The average molecular weight is 285 g/mol. The SMILES string of the molecule is CC(C)C[C@H]1CC[C@@H](OCc2c(F)cccc2Cl)C1. The zero-order chi connectivity index (χ0) is 13.8. The molecule has 0 unspecified atom stereocenters. The molecule has 1 aromatic rings. The minimum atomic E-state index is -0.274. The Morgan fingerprint density at radius 1 is 1.37 bits per heavy atom. The van der Waals surface area contributed by atoms with Crippen molar-refractivity contribution in [2.75, 3.05) is 0 Å². The van der Waals surface area contributed by atoms with Crippen LogP contribution in [0.2, 0.25) is 5.02 Å². The molecule has 1 saturated carbocycles. The molecule has 0 aromatic heterocycles. The first kappa shape index (κ1) is 14.8. The summed E-state index contributed by atoms with van der Waals surface area (Å²) in [7, 11) is 0. The van der Waals surface area contributed by atoms with E-state index in [1.165, 1.54) is 18.9 Å². The van der Waals surface area contributed by atoms with E-state index in [2.05, 4.69) is 13.8 Å². The molecule has 0 radical (unpaired) electrons. The molecule has 1 aromatic carbocycles. The Balaban J connectivity index is 1.84. The highest BCUT2D eigenvalue weighted by atomic mass is 35.5. The minimum Gasteiger partial charge on any atom is -0.373 e. The fourth-order valence-electron chi connectivity index (χ4n) is 2.93. The molecule has 2 atom stereocenters. The van der Waals surface area contributed by atoms with Crippen LogP contribution >= 0.6 is 11.6 Å². The molecule has 0 N–H and O–H groups in total. The fraction of sp³-hybridized carbons (Fsp3) is 0.625. The van der Waals surface area contributed by atoms with Gasteiger partial charge in [0.1, 0.15) is 5.82 Å². The van der Waals surface area contributed by atoms with Crippen molar-refractivity contribution in [2.45, 2.75) is 52.2 Å². The Morgan fingerprint density at radius 2 is 2.16 bits per heavy atom. The monoisotopic (exact) mass is 284 g/mol. The van der Waals surface area contributed by atoms with E-state index in [4.69, 9.17) is 16.3 Å². The van der Waals surface area contributed by atoms with Crippen LogP contribution in [0, 0.1) is 17.7 Å². The summed E-state index contributed by atoms with van der Waals surface area (Å²) in [5.41, 5.74) is 0.483. The molecule has 0 bridgehead atoms. The van der Waals surface area contributed by atoms with Gasteiger partial charge < -0.3 is 4.74 Å². The molecule has 106 valence electrons. The Kier molecular flexibility index (Phi) is 5.23. The van der Waals surface area contributed by atoms with Gasteiger partial charge in [-0.15, -0.1) is 0 Å². The van der Waals surface area contributed by atoms with Crippen molar-refractivity contribution in [1.82, 2.24) is 0 Å². The molecule has 1 aliphatic carbocycles. The van der Waals surface area contributed by atoms with Crippen molar-refractivity contribution in [1.29, 1.82) is 0 Å². The molecule has 0 amide bonds. The van der Waals surface area contributed by atoms with Gasteiger partial charge in [-0.3, -0.25) is 0 Å². The van der Waals surface area contributed by atoms with Gasteiger partial charge in [-0.2, -0.15) is 0 Å². The normalized spacial score (nSPS) is 23.2. The maximum Gasteiger partial charge on any atom is 0.130 e. The summed E-state index contributed by atoms with van der Waals surface area (Å²) in [6, 6.07) is 4.76. The molecular formula is C16H22ClFO. The van der Waals surface area contributed by atoms with E-state index in [0.29, 0.717) is 10.6 Å². The third-order valence-corrected chi connectivity index (χ3v) is 4.18. The largest absolute Gasteiger partial charge is 0.373 e. The van der Waals surface area contributed by atoms with Crippen molar-refractivity contribution in [3.63, 3.8) is 0 Å². The molecule has 0 saturated heterocycles. The van der Waals surface area contributed by atoms with Gasteiger partial charge >= 0.3 is 0 Å². The van der Waals surface area contributed by atoms with E-state index in [0.717, 1.165) is 24.7 Å². The molecule has 0 aliphatic heterocycles. The van der Waals surface area contributed by atoms with Crippen molar-refractivity contribution in [3.05, 3.63) is 34.6 Å². The lowest BCUT2D eigenvalue weighted by molar-refractivity contribution is 0.0409. The van der Waals surface area contributed by atoms with Gasteiger partial charge in [0, 0.05) is 10.6 Å². The lowest BCUT2D eigenvalue weighted by Gasteiger charge is -2.15. The minimum absolute atomic E-state index is 0.263. The van der Waals surface area contributed by atoms with Gasteiger partial charge in [0.15, 0.2) is 0 Å². The number of rotatable bonds is 5. The molecule has 1 aliphatic rings. The lowest BCUT2D eigenvalue weighted by Crippen LogP contribution is -2.10. The van der Waals surface area contributed by atoms with E-state index in [-0.39, 0.29) is 18.5 Å². The van der Waals surface area contributed by atoms with E-state index in [9.17, 15) is 4.39 Å². The first-order chi connectivity index (χ1) is 9.06. The Bertz CT molecular complexity index is 399. The van der Waals surface area contributed by atoms with E-state index in [1.54, 1.807) is 12.1 Å². The number of halogens is 2. The first-order valence-corrected chi connectivity index (χ1v) is 7.48. The molecule has 2 rings (SSSR count). The predicted octanol–water partition coefficient (Wildman–Crippen LogP) is 5.21. The maximum absolute atomic E-state index is 13.6. The van der Waals surface area contributed by atoms with E-state index in [1.807, 2.05) is 0 Å². The summed E-state index contributed by atoms with van der Waals surface area (Å²) >= 11 is 5.99. The summed E-state index contributed by atoms with van der Waals surface area (Å²) in [5.74, 6) is 1.23. The van der Waals surface area contributed by atoms with Crippen LogP contribution in [-0.2, 0) is 11.3 Å². The quantitative estimate of drug-likeness (QED) is 0.721. The Morgan fingerprint density at radius 3 is 2.84 bits per heavy atom. The van der Waals surface area contributed by atoms with Gasteiger partial charge in [0.25, 0.3) is 0 Å². The van der Waals surface area contributed by atoms with Crippen LogP contribution in [0.3, 0.4) is 0 Å². The Labute approximate surface area is 120 Å². The molecule has 1 fully saturated rings. The third-order valence-electron chi connectivity index (χ3n) is 3.82. The second-order valence-electron chi connectivity index (χ2n) is 5.94. The second-order valence-corrected chi connectivity index (χ2v) is 6.35. The summed E-state index contributed by atoms with van der Waals surface area (Å²) in [6.45, 7) is 4.80. The number of hydrogen-bond donors (Lipinski definition) is 0. The first-order valence-electron chi connectivity index (χ1n) is 7.10. The predicted molar refractivity (Wildman–Crippen MR) is 76.8 cm³/mol. The number of hydrogen-bond acceptors (Lipinski definition) is 1. The molecule has 1 nitrogen and oxygen atoms in total. The van der Waals surface area contributed by atoms with Crippen LogP contribution < -0.4 is 0 Å². The summed E-state index contributed by atoms with van der Waals surface area (Å²) in [5, 5.41) is 0.455. The zero-order valence-electron chi connectivity index (χ0n) is 11.7. The summed E-state index contributed by atoms with van der Waals surface area (Å²) < 4.78 is 19.4. The van der Waals surface area contributed by atoms with Crippen LogP contribution in [-0.4, -0.2) is 6.10 Å². The standard InChI is InChI=1S/C16H22ClFO/c1-11(2)8-12-6-7-13(9-12)19-10-14-15(17)4-3-5-16(14)18/h3-5,11-13H,6-10H2,1-2H3/t12-,13-/m1/s1. The molecular weight excluding hydrogens is 263 g/mol.